The number of hydrogen-bond acceptors (Lipinski definition) is 6. The molecule has 1 aromatic heterocycles. The van der Waals surface area contributed by atoms with Gasteiger partial charge in [-0.15, -0.1) is 0 Å². The van der Waals surface area contributed by atoms with E-state index in [0.29, 0.717) is 19.1 Å². The van der Waals surface area contributed by atoms with Crippen LogP contribution in [-0.4, -0.2) is 48.0 Å². The lowest BCUT2D eigenvalue weighted by Crippen LogP contribution is -2.47. The van der Waals surface area contributed by atoms with Gasteiger partial charge in [0.05, 0.1) is 25.1 Å². The van der Waals surface area contributed by atoms with Gasteiger partial charge in [0.15, 0.2) is 0 Å². The average Bonchev–Trinajstić information content (AvgIpc) is 3.12. The highest BCUT2D eigenvalue weighted by Crippen LogP contribution is 2.20. The minimum atomic E-state index is 0.312. The number of aromatic nitrogens is 1. The van der Waals surface area contributed by atoms with Crippen molar-refractivity contribution in [1.82, 2.24) is 25.9 Å². The van der Waals surface area contributed by atoms with Crippen LogP contribution in [0.1, 0.15) is 18.5 Å². The number of nitrogens with one attached hydrogen (secondary N) is 5. The van der Waals surface area contributed by atoms with Crippen LogP contribution in [0.2, 0.25) is 5.02 Å². The normalized spacial score (nSPS) is 16.7. The predicted octanol–water partition coefficient (Wildman–Crippen LogP) is 3.17. The van der Waals surface area contributed by atoms with Crippen molar-refractivity contribution in [3.63, 3.8) is 0 Å². The second-order valence-corrected chi connectivity index (χ2v) is 7.57. The number of piperidine rings is 1. The summed E-state index contributed by atoms with van der Waals surface area (Å²) in [7, 11) is 0. The molecule has 8 heteroatoms. The van der Waals surface area contributed by atoms with Gasteiger partial charge in [-0.25, -0.2) is 0 Å². The summed E-state index contributed by atoms with van der Waals surface area (Å²) in [4.78, 5) is 5.66. The van der Waals surface area contributed by atoms with Crippen LogP contribution in [0.4, 0.5) is 0 Å². The van der Waals surface area contributed by atoms with Gasteiger partial charge in [0.25, 0.3) is 0 Å². The summed E-state index contributed by atoms with van der Waals surface area (Å²) < 4.78 is 0. The van der Waals surface area contributed by atoms with Crippen LogP contribution in [0.25, 0.3) is 10.9 Å². The van der Waals surface area contributed by atoms with Gasteiger partial charge in [0, 0.05) is 52.7 Å². The molecule has 1 unspecified atom stereocenters. The Labute approximate surface area is 176 Å². The quantitative estimate of drug-likeness (QED) is 0.305. The van der Waals surface area contributed by atoms with Gasteiger partial charge in [-0.05, 0) is 37.1 Å². The highest BCUT2D eigenvalue weighted by atomic mass is 35.5. The molecule has 5 N–H and O–H groups in total. The highest BCUT2D eigenvalue weighted by molar-refractivity contribution is 6.31. The second kappa shape index (κ2) is 10.0. The summed E-state index contributed by atoms with van der Waals surface area (Å²) in [5, 5.41) is 19.5. The Balaban J connectivity index is 1.45. The van der Waals surface area contributed by atoms with Crippen LogP contribution in [0, 0.1) is 5.41 Å². The molecule has 0 aliphatic carbocycles. The lowest BCUT2D eigenvalue weighted by atomic mass is 10.1. The Hall–Kier alpha value is -2.93. The van der Waals surface area contributed by atoms with Crippen LogP contribution in [0.15, 0.2) is 54.0 Å². The highest BCUT2D eigenvalue weighted by Gasteiger charge is 2.20. The zero-order valence-corrected chi connectivity index (χ0v) is 17.2. The van der Waals surface area contributed by atoms with E-state index < -0.39 is 0 Å². The van der Waals surface area contributed by atoms with E-state index in [0.717, 1.165) is 65.3 Å². The monoisotopic (exact) mass is 413 g/mol. The Morgan fingerprint density at radius 1 is 1.38 bits per heavy atom. The van der Waals surface area contributed by atoms with Crippen molar-refractivity contribution in [2.45, 2.75) is 25.4 Å². The van der Waals surface area contributed by atoms with Gasteiger partial charge in [0.2, 0.25) is 0 Å². The molecule has 1 aliphatic rings. The lowest BCUT2D eigenvalue weighted by molar-refractivity contribution is 0.236. The summed E-state index contributed by atoms with van der Waals surface area (Å²) in [5.41, 5.74) is 6.06. The van der Waals surface area contributed by atoms with Crippen LogP contribution in [-0.2, 0) is 6.54 Å². The number of rotatable bonds is 10. The number of fused-ring (bicyclic) bond motifs is 1. The van der Waals surface area contributed by atoms with Crippen LogP contribution in [0.5, 0.6) is 0 Å². The number of hydrazone groups is 1. The first-order chi connectivity index (χ1) is 14.0. The topological polar surface area (TPSA) is 91.3 Å². The minimum absolute atomic E-state index is 0.312. The molecule has 3 rings (SSSR count). The summed E-state index contributed by atoms with van der Waals surface area (Å²) in [6.45, 7) is 11.4. The molecule has 0 amide bonds. The van der Waals surface area contributed by atoms with E-state index in [-0.39, 0.29) is 0 Å². The molecule has 154 valence electrons. The molecule has 1 saturated heterocycles. The van der Waals surface area contributed by atoms with E-state index in [9.17, 15) is 0 Å². The molecular weight excluding hydrogens is 386 g/mol. The van der Waals surface area contributed by atoms with E-state index in [4.69, 9.17) is 17.0 Å². The third-order valence-corrected chi connectivity index (χ3v) is 5.14. The summed E-state index contributed by atoms with van der Waals surface area (Å²) in [5.74, 6) is 0.813. The standard InChI is InChI=1S/C21H28ClN7/c1-15(12-26-25-8-7-23)29-9-3-4-19(14-29)27-16(2)24-13-20-11-17-10-18(22)5-6-21(17)28-20/h5-8,10-11,19,23-24,26-28H,1-4,9,12-14H2/b23-7?,25-8-. The van der Waals surface area contributed by atoms with Crippen LogP contribution >= 0.6 is 11.6 Å². The van der Waals surface area contributed by atoms with E-state index in [1.807, 2.05) is 18.2 Å². The Bertz CT molecular complexity index is 902. The maximum Gasteiger partial charge on any atom is 0.0918 e. The number of H-pyrrole nitrogens is 1. The molecule has 1 atom stereocenters. The maximum absolute atomic E-state index is 6.92. The Kier molecular flexibility index (Phi) is 7.19. The van der Waals surface area contributed by atoms with Gasteiger partial charge >= 0.3 is 0 Å². The third-order valence-electron chi connectivity index (χ3n) is 4.90. The molecule has 1 aliphatic heterocycles. The van der Waals surface area contributed by atoms with E-state index >= 15 is 0 Å². The van der Waals surface area contributed by atoms with Crippen molar-refractivity contribution in [2.75, 3.05) is 19.6 Å². The molecular formula is C21H28ClN7. The van der Waals surface area contributed by atoms with Crippen LogP contribution in [0.3, 0.4) is 0 Å². The fourth-order valence-electron chi connectivity index (χ4n) is 3.48. The molecule has 0 saturated carbocycles. The molecule has 2 heterocycles. The fourth-order valence-corrected chi connectivity index (χ4v) is 3.66. The largest absolute Gasteiger partial charge is 0.372 e. The van der Waals surface area contributed by atoms with Gasteiger partial charge in [0.1, 0.15) is 0 Å². The number of likely N-dealkylation sites (tertiary alicyclic amines) is 1. The Morgan fingerprint density at radius 3 is 3.07 bits per heavy atom. The number of aromatic amines is 1. The molecule has 0 bridgehead atoms. The van der Waals surface area contributed by atoms with Crippen molar-refractivity contribution < 1.29 is 0 Å². The van der Waals surface area contributed by atoms with E-state index in [1.54, 1.807) is 0 Å². The van der Waals surface area contributed by atoms with Crippen molar-refractivity contribution in [3.05, 3.63) is 59.7 Å². The van der Waals surface area contributed by atoms with Gasteiger partial charge < -0.3 is 31.4 Å². The minimum Gasteiger partial charge on any atom is -0.372 e. The lowest BCUT2D eigenvalue weighted by Gasteiger charge is -2.36. The number of nitrogens with zero attached hydrogens (tertiary/aromatic N) is 2. The summed E-state index contributed by atoms with van der Waals surface area (Å²) in [6.07, 6.45) is 4.73. The first kappa shape index (κ1) is 20.8. The predicted molar refractivity (Wildman–Crippen MR) is 121 cm³/mol. The fraction of sp³-hybridized carbons (Fsp3) is 0.333. The molecule has 0 radical (unpaired) electrons. The smallest absolute Gasteiger partial charge is 0.0918 e. The number of benzene rings is 1. The molecule has 1 aromatic carbocycles. The molecule has 0 spiro atoms. The molecule has 29 heavy (non-hydrogen) atoms. The van der Waals surface area contributed by atoms with Crippen molar-refractivity contribution >= 4 is 34.9 Å². The van der Waals surface area contributed by atoms with Gasteiger partial charge in [-0.3, -0.25) is 0 Å². The maximum atomic E-state index is 6.92. The first-order valence-electron chi connectivity index (χ1n) is 9.69. The van der Waals surface area contributed by atoms with Gasteiger partial charge in [-0.2, -0.15) is 5.10 Å². The Morgan fingerprint density at radius 2 is 2.24 bits per heavy atom. The number of halogens is 1. The summed E-state index contributed by atoms with van der Waals surface area (Å²) >= 11 is 6.06. The zero-order valence-electron chi connectivity index (χ0n) is 16.5. The summed E-state index contributed by atoms with van der Waals surface area (Å²) in [6, 6.07) is 8.24. The molecule has 1 fully saturated rings. The van der Waals surface area contributed by atoms with Crippen LogP contribution < -0.4 is 16.1 Å². The zero-order chi connectivity index (χ0) is 20.6. The van der Waals surface area contributed by atoms with E-state index in [2.05, 4.69) is 50.3 Å². The SMILES string of the molecule is C=C(NCc1cc2cc(Cl)ccc2[nH]1)NC1CCCN(C(=C)CN/N=C\C=N)C1. The van der Waals surface area contributed by atoms with Crippen molar-refractivity contribution in [3.8, 4) is 0 Å². The van der Waals surface area contributed by atoms with Crippen molar-refractivity contribution in [2.24, 2.45) is 5.10 Å². The first-order valence-corrected chi connectivity index (χ1v) is 10.1. The molecule has 2 aromatic rings. The second-order valence-electron chi connectivity index (χ2n) is 7.13. The van der Waals surface area contributed by atoms with E-state index in [1.165, 1.54) is 6.21 Å². The number of hydrogen-bond donors (Lipinski definition) is 5. The average molecular weight is 414 g/mol. The van der Waals surface area contributed by atoms with Crippen molar-refractivity contribution in [1.29, 1.82) is 5.41 Å². The molecule has 7 nitrogen and oxygen atoms in total. The third kappa shape index (κ3) is 6.02. The van der Waals surface area contributed by atoms with Gasteiger partial charge in [-0.1, -0.05) is 24.8 Å².